The monoisotopic (exact) mass is 355 g/mol. The molecular weight excluding hydrogens is 341 g/mol. The van der Waals surface area contributed by atoms with Crippen LogP contribution >= 0.6 is 27.3 Å². The summed E-state index contributed by atoms with van der Waals surface area (Å²) in [5, 5.41) is 0. The van der Waals surface area contributed by atoms with Crippen LogP contribution in [0.5, 0.6) is 0 Å². The fourth-order valence-electron chi connectivity index (χ4n) is 1.94. The Hall–Kier alpha value is -1.20. The largest absolute Gasteiger partial charge is 0.334 e. The summed E-state index contributed by atoms with van der Waals surface area (Å²) < 4.78 is 14.7. The number of rotatable bonds is 3. The molecule has 0 bridgehead atoms. The molecular formula is C15H15BrFNOS. The lowest BCUT2D eigenvalue weighted by atomic mass is 10.1. The fraction of sp³-hybridized carbons (Fsp3) is 0.267. The number of aryl methyl sites for hydroxylation is 1. The minimum atomic E-state index is -0.315. The molecule has 0 saturated carbocycles. The maximum absolute atomic E-state index is 13.8. The van der Waals surface area contributed by atoms with Gasteiger partial charge in [-0.25, -0.2) is 4.39 Å². The Labute approximate surface area is 130 Å². The zero-order chi connectivity index (χ0) is 14.9. The Morgan fingerprint density at radius 1 is 1.40 bits per heavy atom. The predicted octanol–water partition coefficient (Wildman–Crippen LogP) is 4.79. The highest BCUT2D eigenvalue weighted by molar-refractivity contribution is 9.11. The molecule has 106 valence electrons. The molecule has 1 amide bonds. The van der Waals surface area contributed by atoms with Crippen LogP contribution in [0.2, 0.25) is 0 Å². The van der Waals surface area contributed by atoms with Crippen LogP contribution in [0.1, 0.15) is 33.8 Å². The van der Waals surface area contributed by atoms with Gasteiger partial charge in [-0.05, 0) is 47.5 Å². The summed E-state index contributed by atoms with van der Waals surface area (Å²) in [7, 11) is 1.70. The normalized spacial score (nSPS) is 12.2. The molecule has 1 heterocycles. The standard InChI is InChI=1S/C15H15BrFNOS/c1-9-8-13(20-14(9)16)15(19)18(3)10(2)11-6-4-5-7-12(11)17/h4-8,10H,1-3H3. The van der Waals surface area contributed by atoms with E-state index in [1.165, 1.54) is 17.4 Å². The van der Waals surface area contributed by atoms with E-state index in [2.05, 4.69) is 15.9 Å². The number of carbonyl (C=O) groups is 1. The van der Waals surface area contributed by atoms with Crippen LogP contribution in [0.3, 0.4) is 0 Å². The number of thiophene rings is 1. The van der Waals surface area contributed by atoms with E-state index in [0.29, 0.717) is 10.4 Å². The van der Waals surface area contributed by atoms with E-state index in [4.69, 9.17) is 0 Å². The van der Waals surface area contributed by atoms with Gasteiger partial charge in [0.15, 0.2) is 0 Å². The molecule has 0 radical (unpaired) electrons. The number of hydrogen-bond donors (Lipinski definition) is 0. The second kappa shape index (κ2) is 6.06. The van der Waals surface area contributed by atoms with Crippen molar-refractivity contribution in [3.05, 3.63) is 55.9 Å². The van der Waals surface area contributed by atoms with Crippen molar-refractivity contribution >= 4 is 33.2 Å². The Bertz CT molecular complexity index is 621. The van der Waals surface area contributed by atoms with Gasteiger partial charge in [-0.3, -0.25) is 4.79 Å². The van der Waals surface area contributed by atoms with Gasteiger partial charge < -0.3 is 4.90 Å². The second-order valence-corrected chi connectivity index (χ2v) is 7.05. The minimum Gasteiger partial charge on any atom is -0.334 e. The van der Waals surface area contributed by atoms with Gasteiger partial charge in [0.25, 0.3) is 5.91 Å². The van der Waals surface area contributed by atoms with E-state index < -0.39 is 0 Å². The lowest BCUT2D eigenvalue weighted by Crippen LogP contribution is -2.29. The Morgan fingerprint density at radius 3 is 2.60 bits per heavy atom. The van der Waals surface area contributed by atoms with Crippen LogP contribution in [-0.2, 0) is 0 Å². The lowest BCUT2D eigenvalue weighted by Gasteiger charge is -2.25. The van der Waals surface area contributed by atoms with E-state index in [9.17, 15) is 9.18 Å². The topological polar surface area (TPSA) is 20.3 Å². The van der Waals surface area contributed by atoms with E-state index in [0.717, 1.165) is 9.35 Å². The summed E-state index contributed by atoms with van der Waals surface area (Å²) in [5.74, 6) is -0.386. The zero-order valence-corrected chi connectivity index (χ0v) is 13.9. The molecule has 1 aromatic heterocycles. The van der Waals surface area contributed by atoms with Crippen molar-refractivity contribution in [1.82, 2.24) is 4.90 Å². The van der Waals surface area contributed by atoms with Crippen molar-refractivity contribution in [1.29, 1.82) is 0 Å². The molecule has 1 aromatic carbocycles. The average Bonchev–Trinajstić information content (AvgIpc) is 2.77. The van der Waals surface area contributed by atoms with Crippen LogP contribution in [-0.4, -0.2) is 17.9 Å². The number of nitrogens with zero attached hydrogens (tertiary/aromatic N) is 1. The number of halogens is 2. The number of amides is 1. The average molecular weight is 356 g/mol. The number of hydrogen-bond acceptors (Lipinski definition) is 2. The molecule has 0 saturated heterocycles. The highest BCUT2D eigenvalue weighted by Gasteiger charge is 2.22. The van der Waals surface area contributed by atoms with Crippen molar-refractivity contribution in [2.24, 2.45) is 0 Å². The van der Waals surface area contributed by atoms with Crippen LogP contribution in [0, 0.1) is 12.7 Å². The van der Waals surface area contributed by atoms with Gasteiger partial charge in [0, 0.05) is 12.6 Å². The van der Waals surface area contributed by atoms with Gasteiger partial charge in [0.05, 0.1) is 14.7 Å². The van der Waals surface area contributed by atoms with Crippen LogP contribution in [0.4, 0.5) is 4.39 Å². The first-order chi connectivity index (χ1) is 9.41. The summed E-state index contributed by atoms with van der Waals surface area (Å²) in [5.41, 5.74) is 1.56. The van der Waals surface area contributed by atoms with Gasteiger partial charge in [-0.2, -0.15) is 0 Å². The molecule has 0 aliphatic heterocycles. The van der Waals surface area contributed by atoms with E-state index >= 15 is 0 Å². The third-order valence-corrected chi connectivity index (χ3v) is 5.45. The number of benzene rings is 1. The van der Waals surface area contributed by atoms with Crippen LogP contribution in [0.25, 0.3) is 0 Å². The summed E-state index contributed by atoms with van der Waals surface area (Å²) in [4.78, 5) is 14.6. The third-order valence-electron chi connectivity index (χ3n) is 3.32. The maximum atomic E-state index is 13.8. The lowest BCUT2D eigenvalue weighted by molar-refractivity contribution is 0.0745. The van der Waals surface area contributed by atoms with Gasteiger partial charge in [0.2, 0.25) is 0 Å². The molecule has 0 fully saturated rings. The highest BCUT2D eigenvalue weighted by Crippen LogP contribution is 2.30. The van der Waals surface area contributed by atoms with Crippen molar-refractivity contribution in [3.8, 4) is 0 Å². The fourth-order valence-corrected chi connectivity index (χ4v) is 3.46. The predicted molar refractivity (Wildman–Crippen MR) is 83.7 cm³/mol. The minimum absolute atomic E-state index is 0.0976. The third kappa shape index (κ3) is 2.94. The summed E-state index contributed by atoms with van der Waals surface area (Å²) >= 11 is 4.81. The first-order valence-corrected chi connectivity index (χ1v) is 7.80. The van der Waals surface area contributed by atoms with E-state index in [1.807, 2.05) is 19.9 Å². The van der Waals surface area contributed by atoms with Crippen molar-refractivity contribution in [3.63, 3.8) is 0 Å². The van der Waals surface area contributed by atoms with Crippen LogP contribution < -0.4 is 0 Å². The molecule has 20 heavy (non-hydrogen) atoms. The molecule has 2 nitrogen and oxygen atoms in total. The smallest absolute Gasteiger partial charge is 0.264 e. The molecule has 1 unspecified atom stereocenters. The van der Waals surface area contributed by atoms with E-state index in [-0.39, 0.29) is 17.8 Å². The highest BCUT2D eigenvalue weighted by atomic mass is 79.9. The summed E-state index contributed by atoms with van der Waals surface area (Å²) in [6.07, 6.45) is 0. The molecule has 0 aliphatic carbocycles. The molecule has 0 spiro atoms. The number of carbonyl (C=O) groups excluding carboxylic acids is 1. The molecule has 2 rings (SSSR count). The summed E-state index contributed by atoms with van der Waals surface area (Å²) in [6.45, 7) is 3.77. The van der Waals surface area contributed by atoms with E-state index in [1.54, 1.807) is 30.1 Å². The molecule has 5 heteroatoms. The Balaban J connectivity index is 2.24. The first kappa shape index (κ1) is 15.2. The van der Waals surface area contributed by atoms with Crippen molar-refractivity contribution in [2.75, 3.05) is 7.05 Å². The molecule has 2 aromatic rings. The Morgan fingerprint density at radius 2 is 2.05 bits per heavy atom. The molecule has 0 aliphatic rings. The maximum Gasteiger partial charge on any atom is 0.264 e. The SMILES string of the molecule is Cc1cc(C(=O)N(C)C(C)c2ccccc2F)sc1Br. The zero-order valence-electron chi connectivity index (χ0n) is 11.5. The van der Waals surface area contributed by atoms with Crippen molar-refractivity contribution < 1.29 is 9.18 Å². The quantitative estimate of drug-likeness (QED) is 0.774. The van der Waals surface area contributed by atoms with Crippen LogP contribution in [0.15, 0.2) is 34.1 Å². The Kier molecular flexibility index (Phi) is 4.60. The van der Waals surface area contributed by atoms with Gasteiger partial charge in [-0.15, -0.1) is 11.3 Å². The van der Waals surface area contributed by atoms with Gasteiger partial charge in [0.1, 0.15) is 5.82 Å². The first-order valence-electron chi connectivity index (χ1n) is 6.19. The van der Waals surface area contributed by atoms with Gasteiger partial charge >= 0.3 is 0 Å². The molecule has 0 N–H and O–H groups in total. The summed E-state index contributed by atoms with van der Waals surface area (Å²) in [6, 6.07) is 8.08. The van der Waals surface area contributed by atoms with Crippen molar-refractivity contribution in [2.45, 2.75) is 19.9 Å². The molecule has 1 atom stereocenters. The second-order valence-electron chi connectivity index (χ2n) is 4.68. The van der Waals surface area contributed by atoms with Gasteiger partial charge in [-0.1, -0.05) is 18.2 Å².